The van der Waals surface area contributed by atoms with E-state index in [9.17, 15) is 10.2 Å². The van der Waals surface area contributed by atoms with E-state index in [0.29, 0.717) is 5.41 Å². The Labute approximate surface area is 166 Å². The molecule has 0 radical (unpaired) electrons. The van der Waals surface area contributed by atoms with Crippen LogP contribution >= 0.6 is 0 Å². The molecule has 4 rings (SSSR count). The van der Waals surface area contributed by atoms with Gasteiger partial charge in [0.25, 0.3) is 0 Å². The molecule has 0 spiro atoms. The Morgan fingerprint density at radius 3 is 2.56 bits per heavy atom. The van der Waals surface area contributed by atoms with Crippen molar-refractivity contribution in [2.24, 2.45) is 40.9 Å². The molecule has 2 N–H and O–H groups in total. The maximum Gasteiger partial charge on any atom is 0.0657 e. The highest BCUT2D eigenvalue weighted by molar-refractivity contribution is 5.21. The van der Waals surface area contributed by atoms with Gasteiger partial charge in [0.05, 0.1) is 11.7 Å². The number of allylic oxidation sites excluding steroid dienone is 1. The third-order valence-corrected chi connectivity index (χ3v) is 9.52. The molecule has 0 aromatic rings. The Kier molecular flexibility index (Phi) is 5.30. The predicted molar refractivity (Wildman–Crippen MR) is 111 cm³/mol. The molecule has 27 heavy (non-hydrogen) atoms. The van der Waals surface area contributed by atoms with Crippen molar-refractivity contribution in [3.8, 4) is 0 Å². The zero-order valence-electron chi connectivity index (χ0n) is 18.1. The second-order valence-electron chi connectivity index (χ2n) is 11.4. The molecule has 0 amide bonds. The molecule has 9 atom stereocenters. The van der Waals surface area contributed by atoms with E-state index in [1.165, 1.54) is 44.9 Å². The topological polar surface area (TPSA) is 40.5 Å². The largest absolute Gasteiger partial charge is 0.393 e. The van der Waals surface area contributed by atoms with Crippen LogP contribution in [0.2, 0.25) is 0 Å². The molecule has 2 heteroatoms. The molecular formula is C25H42O2. The number of fused-ring (bicyclic) bond motifs is 5. The molecule has 154 valence electrons. The van der Waals surface area contributed by atoms with Crippen molar-refractivity contribution in [2.75, 3.05) is 0 Å². The third-order valence-electron chi connectivity index (χ3n) is 9.52. The van der Waals surface area contributed by atoms with Crippen LogP contribution in [0, 0.1) is 40.9 Å². The van der Waals surface area contributed by atoms with Crippen LogP contribution in [0.3, 0.4) is 0 Å². The summed E-state index contributed by atoms with van der Waals surface area (Å²) >= 11 is 0. The average Bonchev–Trinajstić information content (AvgIpc) is 2.95. The average molecular weight is 375 g/mol. The van der Waals surface area contributed by atoms with Crippen LogP contribution in [-0.4, -0.2) is 21.9 Å². The maximum atomic E-state index is 10.5. The van der Waals surface area contributed by atoms with Gasteiger partial charge in [0.15, 0.2) is 0 Å². The molecule has 0 saturated heterocycles. The minimum atomic E-state index is -0.462. The number of aliphatic hydroxyl groups excluding tert-OH is 1. The summed E-state index contributed by atoms with van der Waals surface area (Å²) in [6.45, 7) is 9.04. The minimum absolute atomic E-state index is 0.154. The molecule has 2 nitrogen and oxygen atoms in total. The summed E-state index contributed by atoms with van der Waals surface area (Å²) in [6, 6.07) is 0. The van der Waals surface area contributed by atoms with Crippen LogP contribution < -0.4 is 0 Å². The molecule has 3 fully saturated rings. The fraction of sp³-hybridized carbons (Fsp3) is 0.920. The van der Waals surface area contributed by atoms with Gasteiger partial charge in [-0.25, -0.2) is 0 Å². The van der Waals surface area contributed by atoms with Gasteiger partial charge in [0, 0.05) is 0 Å². The van der Waals surface area contributed by atoms with Gasteiger partial charge in [0.1, 0.15) is 0 Å². The summed E-state index contributed by atoms with van der Waals surface area (Å²) in [4.78, 5) is 0. The fourth-order valence-corrected chi connectivity index (χ4v) is 8.15. The summed E-state index contributed by atoms with van der Waals surface area (Å²) in [6.07, 6.45) is 14.5. The third kappa shape index (κ3) is 3.54. The lowest BCUT2D eigenvalue weighted by Gasteiger charge is -2.55. The van der Waals surface area contributed by atoms with E-state index < -0.39 is 5.60 Å². The lowest BCUT2D eigenvalue weighted by atomic mass is 9.50. The molecule has 4 aliphatic carbocycles. The zero-order valence-corrected chi connectivity index (χ0v) is 18.1. The lowest BCUT2D eigenvalue weighted by Crippen LogP contribution is -2.48. The first-order valence-electron chi connectivity index (χ1n) is 11.8. The van der Waals surface area contributed by atoms with Gasteiger partial charge in [-0.05, 0) is 119 Å². The Morgan fingerprint density at radius 1 is 1.04 bits per heavy atom. The highest BCUT2D eigenvalue weighted by atomic mass is 16.3. The second kappa shape index (κ2) is 7.17. The molecule has 3 saturated carbocycles. The number of aliphatic hydroxyl groups is 2. The van der Waals surface area contributed by atoms with Crippen LogP contribution in [0.1, 0.15) is 91.9 Å². The summed E-state index contributed by atoms with van der Waals surface area (Å²) in [5, 5.41) is 20.2. The summed E-state index contributed by atoms with van der Waals surface area (Å²) in [5.41, 5.74) is 1.65. The normalized spacial score (nSPS) is 48.8. The second-order valence-corrected chi connectivity index (χ2v) is 11.4. The Bertz CT molecular complexity index is 577. The number of hydrogen-bond donors (Lipinski definition) is 2. The Morgan fingerprint density at radius 2 is 1.81 bits per heavy atom. The van der Waals surface area contributed by atoms with Crippen molar-refractivity contribution < 1.29 is 10.2 Å². The fourth-order valence-electron chi connectivity index (χ4n) is 8.15. The van der Waals surface area contributed by atoms with Gasteiger partial charge in [-0.2, -0.15) is 0 Å². The predicted octanol–water partition coefficient (Wildman–Crippen LogP) is 5.72. The van der Waals surface area contributed by atoms with Crippen molar-refractivity contribution >= 4 is 0 Å². The lowest BCUT2D eigenvalue weighted by molar-refractivity contribution is -0.0411. The molecule has 0 heterocycles. The number of hydrogen-bond acceptors (Lipinski definition) is 2. The van der Waals surface area contributed by atoms with E-state index >= 15 is 0 Å². The van der Waals surface area contributed by atoms with E-state index in [-0.39, 0.29) is 6.10 Å². The van der Waals surface area contributed by atoms with Crippen molar-refractivity contribution in [3.63, 3.8) is 0 Å². The number of rotatable bonds is 4. The smallest absolute Gasteiger partial charge is 0.0657 e. The van der Waals surface area contributed by atoms with Crippen LogP contribution in [0.4, 0.5) is 0 Å². The standard InChI is InChI=1S/C25H42O2/c1-16(5-6-17(2)26)22-9-10-23-21-8-7-18-15-24(3,27)13-11-19(18)20(21)12-14-25(22,23)4/h7,16-17,19-23,26-27H,5-6,8-15H2,1-4H3. The van der Waals surface area contributed by atoms with Crippen molar-refractivity contribution in [3.05, 3.63) is 11.6 Å². The molecule has 9 unspecified atom stereocenters. The Balaban J connectivity index is 1.50. The van der Waals surface area contributed by atoms with Gasteiger partial charge in [-0.1, -0.05) is 25.5 Å². The zero-order chi connectivity index (χ0) is 19.4. The first-order chi connectivity index (χ1) is 12.7. The molecule has 0 aromatic carbocycles. The van der Waals surface area contributed by atoms with Gasteiger partial charge in [0.2, 0.25) is 0 Å². The van der Waals surface area contributed by atoms with E-state index in [1.807, 2.05) is 13.8 Å². The van der Waals surface area contributed by atoms with E-state index in [4.69, 9.17) is 0 Å². The molecule has 0 aromatic heterocycles. The molecular weight excluding hydrogens is 332 g/mol. The van der Waals surface area contributed by atoms with Gasteiger partial charge >= 0.3 is 0 Å². The first kappa shape index (κ1) is 20.0. The van der Waals surface area contributed by atoms with Crippen LogP contribution in [0.15, 0.2) is 11.6 Å². The van der Waals surface area contributed by atoms with Crippen LogP contribution in [-0.2, 0) is 0 Å². The van der Waals surface area contributed by atoms with Crippen molar-refractivity contribution in [1.29, 1.82) is 0 Å². The molecule has 4 aliphatic rings. The van der Waals surface area contributed by atoms with Crippen LogP contribution in [0.5, 0.6) is 0 Å². The summed E-state index contributed by atoms with van der Waals surface area (Å²) in [5.74, 6) is 5.02. The quantitative estimate of drug-likeness (QED) is 0.618. The van der Waals surface area contributed by atoms with Crippen molar-refractivity contribution in [2.45, 2.75) is 104 Å². The van der Waals surface area contributed by atoms with Gasteiger partial charge in [-0.15, -0.1) is 0 Å². The molecule has 0 bridgehead atoms. The molecule has 0 aliphatic heterocycles. The first-order valence-corrected chi connectivity index (χ1v) is 11.8. The SMILES string of the molecule is CC(O)CCC(C)C1CCC2C3CC=C4CC(C)(O)CCC4C3CCC12C. The highest BCUT2D eigenvalue weighted by Gasteiger charge is 2.56. The van der Waals surface area contributed by atoms with Gasteiger partial charge in [-0.3, -0.25) is 0 Å². The monoisotopic (exact) mass is 374 g/mol. The van der Waals surface area contributed by atoms with E-state index in [1.54, 1.807) is 5.57 Å². The Hall–Kier alpha value is -0.340. The highest BCUT2D eigenvalue weighted by Crippen LogP contribution is 2.65. The van der Waals surface area contributed by atoms with E-state index in [2.05, 4.69) is 19.9 Å². The van der Waals surface area contributed by atoms with Crippen molar-refractivity contribution in [1.82, 2.24) is 0 Å². The maximum absolute atomic E-state index is 10.5. The van der Waals surface area contributed by atoms with Gasteiger partial charge < -0.3 is 10.2 Å². The summed E-state index contributed by atoms with van der Waals surface area (Å²) in [7, 11) is 0. The van der Waals surface area contributed by atoms with E-state index in [0.717, 1.165) is 54.8 Å². The minimum Gasteiger partial charge on any atom is -0.393 e. The van der Waals surface area contributed by atoms with Crippen LogP contribution in [0.25, 0.3) is 0 Å². The summed E-state index contributed by atoms with van der Waals surface area (Å²) < 4.78 is 0.